The van der Waals surface area contributed by atoms with E-state index in [1.165, 1.54) is 11.3 Å². The number of hydrogen-bond acceptors (Lipinski definition) is 6. The van der Waals surface area contributed by atoms with Crippen molar-refractivity contribution in [2.75, 3.05) is 16.6 Å². The Balaban J connectivity index is 1.99. The second kappa shape index (κ2) is 7.74. The highest BCUT2D eigenvalue weighted by molar-refractivity contribution is 7.94. The summed E-state index contributed by atoms with van der Waals surface area (Å²) >= 11 is 1.26. The van der Waals surface area contributed by atoms with E-state index in [1.54, 1.807) is 18.2 Å². The number of rotatable bonds is 8. The number of aromatic nitrogens is 2. The van der Waals surface area contributed by atoms with Crippen LogP contribution in [0.2, 0.25) is 0 Å². The first kappa shape index (κ1) is 17.7. The first-order valence-electron chi connectivity index (χ1n) is 7.60. The van der Waals surface area contributed by atoms with Gasteiger partial charge in [0.15, 0.2) is 5.82 Å². The predicted molar refractivity (Wildman–Crippen MR) is 94.5 cm³/mol. The molecule has 0 saturated heterocycles. The highest BCUT2D eigenvalue weighted by atomic mass is 32.2. The Morgan fingerprint density at radius 2 is 1.83 bits per heavy atom. The Hall–Kier alpha value is -1.67. The van der Waals surface area contributed by atoms with E-state index in [-0.39, 0.29) is 10.0 Å². The van der Waals surface area contributed by atoms with Crippen LogP contribution in [0.25, 0.3) is 0 Å². The molecule has 0 unspecified atom stereocenters. The van der Waals surface area contributed by atoms with Crippen LogP contribution in [0.4, 0.5) is 11.6 Å². The number of anilines is 2. The molecule has 0 fully saturated rings. The van der Waals surface area contributed by atoms with Gasteiger partial charge in [0.25, 0.3) is 10.0 Å². The summed E-state index contributed by atoms with van der Waals surface area (Å²) in [6.07, 6.45) is 1.85. The Morgan fingerprint density at radius 3 is 2.39 bits per heavy atom. The Labute approximate surface area is 141 Å². The van der Waals surface area contributed by atoms with Crippen molar-refractivity contribution in [3.8, 4) is 0 Å². The summed E-state index contributed by atoms with van der Waals surface area (Å²) in [5, 5.41) is 11.1. The normalized spacial score (nSPS) is 11.7. The number of aryl methyl sites for hydroxylation is 1. The van der Waals surface area contributed by atoms with E-state index in [0.29, 0.717) is 11.7 Å². The van der Waals surface area contributed by atoms with Crippen LogP contribution in [0.5, 0.6) is 0 Å². The summed E-state index contributed by atoms with van der Waals surface area (Å²) in [5.74, 6) is 1.46. The number of nitrogens with zero attached hydrogens (tertiary/aromatic N) is 2. The van der Waals surface area contributed by atoms with Gasteiger partial charge in [0, 0.05) is 11.4 Å². The zero-order chi connectivity index (χ0) is 16.9. The first-order chi connectivity index (χ1) is 10.9. The molecule has 0 atom stereocenters. The van der Waals surface area contributed by atoms with E-state index in [4.69, 9.17) is 0 Å². The zero-order valence-electron chi connectivity index (χ0n) is 13.5. The molecule has 0 aromatic carbocycles. The summed E-state index contributed by atoms with van der Waals surface area (Å²) in [6.45, 7) is 7.11. The standard InChI is InChI=1S/C15H22N4O2S2/c1-4-12-5-8-15(22-12)23(20,21)19-14-7-6-13(17-18-14)16-10-9-11(2)3/h5-8,11H,4,9-10H2,1-3H3,(H,16,17)(H,18,19). The summed E-state index contributed by atoms with van der Waals surface area (Å²) in [5.41, 5.74) is 0. The highest BCUT2D eigenvalue weighted by Gasteiger charge is 2.17. The summed E-state index contributed by atoms with van der Waals surface area (Å²) in [4.78, 5) is 1.03. The lowest BCUT2D eigenvalue weighted by Gasteiger charge is -2.08. The van der Waals surface area contributed by atoms with E-state index in [9.17, 15) is 8.42 Å². The van der Waals surface area contributed by atoms with Crippen molar-refractivity contribution < 1.29 is 8.42 Å². The average Bonchev–Trinajstić information content (AvgIpc) is 2.98. The molecule has 2 rings (SSSR count). The van der Waals surface area contributed by atoms with Crippen LogP contribution >= 0.6 is 11.3 Å². The van der Waals surface area contributed by atoms with Gasteiger partial charge in [-0.15, -0.1) is 21.5 Å². The average molecular weight is 355 g/mol. The molecule has 0 aliphatic heterocycles. The number of sulfonamides is 1. The molecule has 0 aliphatic rings. The SMILES string of the molecule is CCc1ccc(S(=O)(=O)Nc2ccc(NCCC(C)C)nn2)s1. The lowest BCUT2D eigenvalue weighted by Crippen LogP contribution is -2.13. The molecule has 2 heterocycles. The minimum absolute atomic E-state index is 0.214. The fourth-order valence-corrected chi connectivity index (χ4v) is 4.14. The zero-order valence-corrected chi connectivity index (χ0v) is 15.2. The van der Waals surface area contributed by atoms with E-state index in [2.05, 4.69) is 34.1 Å². The molecule has 23 heavy (non-hydrogen) atoms. The van der Waals surface area contributed by atoms with Gasteiger partial charge < -0.3 is 5.32 Å². The third kappa shape index (κ3) is 5.18. The minimum Gasteiger partial charge on any atom is -0.369 e. The van der Waals surface area contributed by atoms with E-state index in [1.807, 2.05) is 13.0 Å². The maximum atomic E-state index is 12.3. The van der Waals surface area contributed by atoms with Crippen molar-refractivity contribution >= 4 is 33.0 Å². The Bertz CT molecular complexity index is 724. The summed E-state index contributed by atoms with van der Waals surface area (Å²) < 4.78 is 27.3. The van der Waals surface area contributed by atoms with Crippen LogP contribution in [0, 0.1) is 5.92 Å². The van der Waals surface area contributed by atoms with E-state index >= 15 is 0 Å². The van der Waals surface area contributed by atoms with Crippen molar-refractivity contribution in [3.05, 3.63) is 29.1 Å². The third-order valence-corrected chi connectivity index (χ3v) is 6.26. The summed E-state index contributed by atoms with van der Waals surface area (Å²) in [7, 11) is -3.60. The number of nitrogens with one attached hydrogen (secondary N) is 2. The van der Waals surface area contributed by atoms with Crippen molar-refractivity contribution in [1.29, 1.82) is 0 Å². The quantitative estimate of drug-likeness (QED) is 0.759. The maximum Gasteiger partial charge on any atom is 0.272 e. The highest BCUT2D eigenvalue weighted by Crippen LogP contribution is 2.23. The second-order valence-electron chi connectivity index (χ2n) is 5.59. The molecule has 2 aromatic rings. The van der Waals surface area contributed by atoms with Gasteiger partial charge in [-0.2, -0.15) is 0 Å². The van der Waals surface area contributed by atoms with Crippen LogP contribution in [0.3, 0.4) is 0 Å². The topological polar surface area (TPSA) is 84.0 Å². The molecule has 0 aliphatic carbocycles. The first-order valence-corrected chi connectivity index (χ1v) is 9.90. The smallest absolute Gasteiger partial charge is 0.272 e. The lowest BCUT2D eigenvalue weighted by molar-refractivity contribution is 0.602. The number of hydrogen-bond donors (Lipinski definition) is 2. The van der Waals surface area contributed by atoms with Gasteiger partial charge >= 0.3 is 0 Å². The van der Waals surface area contributed by atoms with Gasteiger partial charge in [-0.1, -0.05) is 20.8 Å². The molecule has 0 radical (unpaired) electrons. The molecule has 0 spiro atoms. The predicted octanol–water partition coefficient (Wildman–Crippen LogP) is 3.36. The minimum atomic E-state index is -3.60. The van der Waals surface area contributed by atoms with Crippen LogP contribution < -0.4 is 10.0 Å². The van der Waals surface area contributed by atoms with Crippen molar-refractivity contribution in [1.82, 2.24) is 10.2 Å². The van der Waals surface area contributed by atoms with Gasteiger partial charge in [-0.05, 0) is 43.0 Å². The molecule has 2 aromatic heterocycles. The molecule has 126 valence electrons. The van der Waals surface area contributed by atoms with Gasteiger partial charge in [0.1, 0.15) is 10.0 Å². The fraction of sp³-hybridized carbons (Fsp3) is 0.467. The molecule has 8 heteroatoms. The monoisotopic (exact) mass is 354 g/mol. The van der Waals surface area contributed by atoms with Gasteiger partial charge in [-0.25, -0.2) is 8.42 Å². The maximum absolute atomic E-state index is 12.3. The molecular formula is C15H22N4O2S2. The second-order valence-corrected chi connectivity index (χ2v) is 8.67. The summed E-state index contributed by atoms with van der Waals surface area (Å²) in [6, 6.07) is 6.77. The Morgan fingerprint density at radius 1 is 1.13 bits per heavy atom. The van der Waals surface area contributed by atoms with Crippen LogP contribution in [0.15, 0.2) is 28.5 Å². The van der Waals surface area contributed by atoms with Crippen molar-refractivity contribution in [3.63, 3.8) is 0 Å². The fourth-order valence-electron chi connectivity index (χ4n) is 1.85. The Kier molecular flexibility index (Phi) is 5.95. The van der Waals surface area contributed by atoms with Gasteiger partial charge in [0.2, 0.25) is 0 Å². The van der Waals surface area contributed by atoms with Gasteiger partial charge in [0.05, 0.1) is 0 Å². The van der Waals surface area contributed by atoms with E-state index < -0.39 is 10.0 Å². The van der Waals surface area contributed by atoms with Gasteiger partial charge in [-0.3, -0.25) is 4.72 Å². The third-order valence-electron chi connectivity index (χ3n) is 3.18. The molecule has 2 N–H and O–H groups in total. The molecular weight excluding hydrogens is 332 g/mol. The van der Waals surface area contributed by atoms with Crippen LogP contribution in [0.1, 0.15) is 32.1 Å². The van der Waals surface area contributed by atoms with Crippen LogP contribution in [-0.4, -0.2) is 25.2 Å². The molecule has 0 bridgehead atoms. The lowest BCUT2D eigenvalue weighted by atomic mass is 10.1. The molecule has 0 saturated carbocycles. The molecule has 0 amide bonds. The van der Waals surface area contributed by atoms with Crippen LogP contribution in [-0.2, 0) is 16.4 Å². The largest absolute Gasteiger partial charge is 0.369 e. The van der Waals surface area contributed by atoms with Crippen molar-refractivity contribution in [2.45, 2.75) is 37.8 Å². The number of thiophene rings is 1. The molecule has 6 nitrogen and oxygen atoms in total. The van der Waals surface area contributed by atoms with E-state index in [0.717, 1.165) is 24.3 Å². The van der Waals surface area contributed by atoms with Crippen molar-refractivity contribution in [2.24, 2.45) is 5.92 Å².